The Balaban J connectivity index is 2.04. The molecule has 1 fully saturated rings. The van der Waals surface area contributed by atoms with Gasteiger partial charge in [0, 0.05) is 11.6 Å². The molecule has 0 radical (unpaired) electrons. The van der Waals surface area contributed by atoms with Crippen molar-refractivity contribution in [2.75, 3.05) is 0 Å². The van der Waals surface area contributed by atoms with Gasteiger partial charge in [0.25, 0.3) is 5.91 Å². The van der Waals surface area contributed by atoms with Crippen molar-refractivity contribution >= 4 is 5.91 Å². The summed E-state index contributed by atoms with van der Waals surface area (Å²) in [5.41, 5.74) is 0.672. The summed E-state index contributed by atoms with van der Waals surface area (Å²) in [5, 5.41) is 3.08. The maximum Gasteiger partial charge on any atom is 0.251 e. The van der Waals surface area contributed by atoms with Crippen molar-refractivity contribution in [2.24, 2.45) is 5.41 Å². The zero-order valence-electron chi connectivity index (χ0n) is 11.0. The molecule has 1 amide bonds. The molecule has 2 rings (SSSR count). The quantitative estimate of drug-likeness (QED) is 0.853. The number of carbonyl (C=O) groups excluding carboxylic acids is 1. The molecule has 1 saturated carbocycles. The molecule has 18 heavy (non-hydrogen) atoms. The minimum Gasteiger partial charge on any atom is -0.349 e. The van der Waals surface area contributed by atoms with Crippen LogP contribution in [0, 0.1) is 11.2 Å². The number of hydrogen-bond acceptors (Lipinski definition) is 1. The summed E-state index contributed by atoms with van der Waals surface area (Å²) < 4.78 is 12.8. The van der Waals surface area contributed by atoms with E-state index in [1.807, 2.05) is 0 Å². The van der Waals surface area contributed by atoms with Crippen LogP contribution in [0.2, 0.25) is 0 Å². The van der Waals surface area contributed by atoms with E-state index in [9.17, 15) is 9.18 Å². The zero-order chi connectivity index (χ0) is 13.2. The third kappa shape index (κ3) is 2.89. The molecule has 1 aliphatic carbocycles. The maximum absolute atomic E-state index is 12.8. The highest BCUT2D eigenvalue weighted by Crippen LogP contribution is 2.35. The van der Waals surface area contributed by atoms with E-state index in [4.69, 9.17) is 0 Å². The molecule has 0 bridgehead atoms. The topological polar surface area (TPSA) is 29.1 Å². The summed E-state index contributed by atoms with van der Waals surface area (Å²) in [4.78, 5) is 12.1. The van der Waals surface area contributed by atoms with Gasteiger partial charge in [0.1, 0.15) is 5.82 Å². The second-order valence-electron chi connectivity index (χ2n) is 5.77. The lowest BCUT2D eigenvalue weighted by molar-refractivity contribution is 0.0853. The predicted molar refractivity (Wildman–Crippen MR) is 69.9 cm³/mol. The standard InChI is InChI=1S/C15H20FNO/c1-15(2)10-4-3-5-13(15)17-14(18)11-6-8-12(16)9-7-11/h6-9,13H,3-5,10H2,1-2H3,(H,17,18). The third-order valence-electron chi connectivity index (χ3n) is 3.92. The molecule has 1 N–H and O–H groups in total. The molecule has 1 atom stereocenters. The molecule has 0 saturated heterocycles. The van der Waals surface area contributed by atoms with Crippen LogP contribution >= 0.6 is 0 Å². The average molecular weight is 249 g/mol. The molecule has 1 unspecified atom stereocenters. The molecule has 1 aromatic rings. The Morgan fingerprint density at radius 1 is 1.28 bits per heavy atom. The number of benzene rings is 1. The highest BCUT2D eigenvalue weighted by molar-refractivity contribution is 5.94. The van der Waals surface area contributed by atoms with Gasteiger partial charge >= 0.3 is 0 Å². The first-order chi connectivity index (χ1) is 8.49. The minimum atomic E-state index is -0.315. The molecule has 3 heteroatoms. The van der Waals surface area contributed by atoms with Crippen molar-refractivity contribution < 1.29 is 9.18 Å². The van der Waals surface area contributed by atoms with Gasteiger partial charge in [0.15, 0.2) is 0 Å². The molecule has 1 aliphatic rings. The Labute approximate surface area is 108 Å². The first-order valence-electron chi connectivity index (χ1n) is 6.55. The smallest absolute Gasteiger partial charge is 0.251 e. The third-order valence-corrected chi connectivity index (χ3v) is 3.92. The van der Waals surface area contributed by atoms with Crippen molar-refractivity contribution in [1.82, 2.24) is 5.32 Å². The minimum absolute atomic E-state index is 0.102. The molecule has 0 spiro atoms. The molecular weight excluding hydrogens is 229 g/mol. The van der Waals surface area contributed by atoms with Gasteiger partial charge in [-0.3, -0.25) is 4.79 Å². The first-order valence-corrected chi connectivity index (χ1v) is 6.55. The lowest BCUT2D eigenvalue weighted by Crippen LogP contribution is -2.46. The lowest BCUT2D eigenvalue weighted by atomic mass is 9.73. The van der Waals surface area contributed by atoms with Crippen LogP contribution in [0.5, 0.6) is 0 Å². The van der Waals surface area contributed by atoms with Crippen molar-refractivity contribution in [2.45, 2.75) is 45.6 Å². The molecule has 1 aromatic carbocycles. The van der Waals surface area contributed by atoms with Gasteiger partial charge in [0.05, 0.1) is 0 Å². The monoisotopic (exact) mass is 249 g/mol. The number of hydrogen-bond donors (Lipinski definition) is 1. The van der Waals surface area contributed by atoms with E-state index in [1.54, 1.807) is 0 Å². The van der Waals surface area contributed by atoms with Crippen molar-refractivity contribution in [3.05, 3.63) is 35.6 Å². The summed E-state index contributed by atoms with van der Waals surface area (Å²) in [6, 6.07) is 5.91. The van der Waals surface area contributed by atoms with E-state index in [-0.39, 0.29) is 23.2 Å². The van der Waals surface area contributed by atoms with Crippen LogP contribution in [-0.2, 0) is 0 Å². The highest BCUT2D eigenvalue weighted by Gasteiger charge is 2.33. The number of nitrogens with one attached hydrogen (secondary N) is 1. The lowest BCUT2D eigenvalue weighted by Gasteiger charge is -2.39. The van der Waals surface area contributed by atoms with Gasteiger partial charge in [-0.2, -0.15) is 0 Å². The van der Waals surface area contributed by atoms with Gasteiger partial charge in [0.2, 0.25) is 0 Å². The van der Waals surface area contributed by atoms with E-state index >= 15 is 0 Å². The van der Waals surface area contributed by atoms with Crippen LogP contribution in [0.3, 0.4) is 0 Å². The van der Waals surface area contributed by atoms with Crippen LogP contribution < -0.4 is 5.32 Å². The second kappa shape index (κ2) is 5.09. The van der Waals surface area contributed by atoms with Crippen LogP contribution in [0.15, 0.2) is 24.3 Å². The van der Waals surface area contributed by atoms with Crippen LogP contribution in [0.25, 0.3) is 0 Å². The number of amides is 1. The summed E-state index contributed by atoms with van der Waals surface area (Å²) in [6.07, 6.45) is 4.56. The highest BCUT2D eigenvalue weighted by atomic mass is 19.1. The van der Waals surface area contributed by atoms with E-state index in [2.05, 4.69) is 19.2 Å². The summed E-state index contributed by atoms with van der Waals surface area (Å²) >= 11 is 0. The van der Waals surface area contributed by atoms with Crippen LogP contribution in [0.4, 0.5) is 4.39 Å². The summed E-state index contributed by atoms with van der Waals surface area (Å²) in [6.45, 7) is 4.39. The predicted octanol–water partition coefficient (Wildman–Crippen LogP) is 3.52. The first kappa shape index (κ1) is 13.1. The SMILES string of the molecule is CC1(C)CCCCC1NC(=O)c1ccc(F)cc1. The Kier molecular flexibility index (Phi) is 3.69. The number of rotatable bonds is 2. The molecule has 98 valence electrons. The molecule has 2 nitrogen and oxygen atoms in total. The Hall–Kier alpha value is -1.38. The number of halogens is 1. The number of carbonyl (C=O) groups is 1. The normalized spacial score (nSPS) is 22.5. The van der Waals surface area contributed by atoms with Crippen LogP contribution in [0.1, 0.15) is 49.9 Å². The van der Waals surface area contributed by atoms with Gasteiger partial charge in [-0.05, 0) is 42.5 Å². The van der Waals surface area contributed by atoms with Crippen molar-refractivity contribution in [1.29, 1.82) is 0 Å². The fourth-order valence-electron chi connectivity index (χ4n) is 2.60. The molecule has 0 aliphatic heterocycles. The van der Waals surface area contributed by atoms with E-state index in [0.29, 0.717) is 5.56 Å². The molecule has 0 heterocycles. The average Bonchev–Trinajstić information content (AvgIpc) is 2.32. The summed E-state index contributed by atoms with van der Waals surface area (Å²) in [5.74, 6) is -0.417. The Morgan fingerprint density at radius 3 is 2.56 bits per heavy atom. The molecular formula is C15H20FNO. The van der Waals surface area contributed by atoms with Gasteiger partial charge in [-0.15, -0.1) is 0 Å². The largest absolute Gasteiger partial charge is 0.349 e. The van der Waals surface area contributed by atoms with E-state index in [1.165, 1.54) is 30.7 Å². The van der Waals surface area contributed by atoms with Gasteiger partial charge in [-0.1, -0.05) is 26.7 Å². The Bertz CT molecular complexity index is 425. The fraction of sp³-hybridized carbons (Fsp3) is 0.533. The van der Waals surface area contributed by atoms with Crippen molar-refractivity contribution in [3.63, 3.8) is 0 Å². The fourth-order valence-corrected chi connectivity index (χ4v) is 2.60. The Morgan fingerprint density at radius 2 is 1.94 bits per heavy atom. The van der Waals surface area contributed by atoms with E-state index in [0.717, 1.165) is 19.3 Å². The van der Waals surface area contributed by atoms with Crippen LogP contribution in [-0.4, -0.2) is 11.9 Å². The van der Waals surface area contributed by atoms with E-state index < -0.39 is 0 Å². The summed E-state index contributed by atoms with van der Waals surface area (Å²) in [7, 11) is 0. The maximum atomic E-state index is 12.8. The van der Waals surface area contributed by atoms with Gasteiger partial charge in [-0.25, -0.2) is 4.39 Å². The zero-order valence-corrected chi connectivity index (χ0v) is 11.0. The van der Waals surface area contributed by atoms with Crippen molar-refractivity contribution in [3.8, 4) is 0 Å². The molecule has 0 aromatic heterocycles. The second-order valence-corrected chi connectivity index (χ2v) is 5.77. The van der Waals surface area contributed by atoms with Gasteiger partial charge < -0.3 is 5.32 Å².